The van der Waals surface area contributed by atoms with Crippen LogP contribution in [0.1, 0.15) is 38.8 Å². The number of amides is 2. The van der Waals surface area contributed by atoms with Crippen molar-refractivity contribution in [1.82, 2.24) is 9.99 Å². The van der Waals surface area contributed by atoms with Crippen LogP contribution in [0.3, 0.4) is 0 Å². The lowest BCUT2D eigenvalue weighted by atomic mass is 10.2. The number of aryl methyl sites for hydroxylation is 3. The van der Waals surface area contributed by atoms with Gasteiger partial charge in [-0.25, -0.2) is 5.43 Å². The Balaban J connectivity index is 1.12. The largest absolute Gasteiger partial charge is 0.493 e. The van der Waals surface area contributed by atoms with E-state index in [9.17, 15) is 9.59 Å². The molecule has 0 saturated heterocycles. The topological polar surface area (TPSA) is 116 Å². The number of benzene rings is 3. The van der Waals surface area contributed by atoms with Crippen molar-refractivity contribution in [3.05, 3.63) is 123 Å². The minimum Gasteiger partial charge on any atom is -0.493 e. The predicted octanol–water partition coefficient (Wildman–Crippen LogP) is 7.13. The van der Waals surface area contributed by atoms with Crippen LogP contribution < -0.4 is 25.0 Å². The number of carbonyl (C=O) groups is 2. The molecule has 5 aromatic rings. The van der Waals surface area contributed by atoms with E-state index in [4.69, 9.17) is 18.6 Å². The molecule has 2 heterocycles. The van der Waals surface area contributed by atoms with E-state index in [0.29, 0.717) is 38.7 Å². The second-order valence-corrected chi connectivity index (χ2v) is 11.3. The van der Waals surface area contributed by atoms with Gasteiger partial charge in [-0.2, -0.15) is 5.10 Å². The van der Waals surface area contributed by atoms with Crippen molar-refractivity contribution in [3.63, 3.8) is 0 Å². The Kier molecular flexibility index (Phi) is 10.2. The standard InChI is InChI=1S/C35H33BrN4O6/c1-22-5-9-26(10-6-22)38-33(41)21-45-34-30(36)17-25(18-32(34)43-4)19-37-39-35(42)31-16-15-29(46-31)20-44-28-13-11-27(12-14-28)40-23(2)7-8-24(40)3/h5-19H,20-21H2,1-4H3,(H,38,41)(H,39,42)/b37-19+. The summed E-state index contributed by atoms with van der Waals surface area (Å²) in [6.45, 7) is 6.04. The Labute approximate surface area is 275 Å². The van der Waals surface area contributed by atoms with Gasteiger partial charge >= 0.3 is 5.91 Å². The lowest BCUT2D eigenvalue weighted by molar-refractivity contribution is -0.118. The number of aromatic nitrogens is 1. The molecule has 5 rings (SSSR count). The predicted molar refractivity (Wildman–Crippen MR) is 179 cm³/mol. The molecule has 2 N–H and O–H groups in total. The number of hydrogen-bond donors (Lipinski definition) is 2. The summed E-state index contributed by atoms with van der Waals surface area (Å²) >= 11 is 3.46. The maximum absolute atomic E-state index is 12.6. The summed E-state index contributed by atoms with van der Waals surface area (Å²) in [5.41, 5.74) is 8.21. The first-order valence-electron chi connectivity index (χ1n) is 14.4. The third kappa shape index (κ3) is 8.05. The van der Waals surface area contributed by atoms with Crippen LogP contribution in [0.25, 0.3) is 5.69 Å². The van der Waals surface area contributed by atoms with Crippen molar-refractivity contribution in [1.29, 1.82) is 0 Å². The molecule has 0 radical (unpaired) electrons. The average molecular weight is 686 g/mol. The third-order valence-corrected chi connectivity index (χ3v) is 7.54. The van der Waals surface area contributed by atoms with Gasteiger partial charge in [0.05, 0.1) is 17.8 Å². The van der Waals surface area contributed by atoms with E-state index in [1.165, 1.54) is 13.3 Å². The Morgan fingerprint density at radius 3 is 2.33 bits per heavy atom. The molecule has 0 aliphatic carbocycles. The second kappa shape index (κ2) is 14.7. The van der Waals surface area contributed by atoms with Gasteiger partial charge in [0.2, 0.25) is 0 Å². The molecule has 2 amide bonds. The van der Waals surface area contributed by atoms with Crippen molar-refractivity contribution >= 4 is 39.6 Å². The molecular formula is C35H33BrN4O6. The number of hydrogen-bond acceptors (Lipinski definition) is 7. The molecule has 0 aliphatic rings. The van der Waals surface area contributed by atoms with Crippen molar-refractivity contribution in [2.24, 2.45) is 5.10 Å². The molecule has 0 bridgehead atoms. The third-order valence-electron chi connectivity index (χ3n) is 6.95. The highest BCUT2D eigenvalue weighted by Gasteiger charge is 2.15. The van der Waals surface area contributed by atoms with Gasteiger partial charge in [0.15, 0.2) is 23.9 Å². The Hall–Kier alpha value is -5.29. The van der Waals surface area contributed by atoms with Crippen LogP contribution in [0.2, 0.25) is 0 Å². The minimum atomic E-state index is -0.519. The van der Waals surface area contributed by atoms with E-state index < -0.39 is 5.91 Å². The molecule has 10 nitrogen and oxygen atoms in total. The Morgan fingerprint density at radius 1 is 0.913 bits per heavy atom. The molecule has 2 aromatic heterocycles. The first-order chi connectivity index (χ1) is 22.2. The Morgan fingerprint density at radius 2 is 1.63 bits per heavy atom. The van der Waals surface area contributed by atoms with Gasteiger partial charge in [0.25, 0.3) is 5.91 Å². The zero-order chi connectivity index (χ0) is 32.6. The quantitative estimate of drug-likeness (QED) is 0.107. The average Bonchev–Trinajstić information content (AvgIpc) is 3.66. The zero-order valence-corrected chi connectivity index (χ0v) is 27.4. The first-order valence-corrected chi connectivity index (χ1v) is 15.2. The van der Waals surface area contributed by atoms with E-state index in [-0.39, 0.29) is 24.9 Å². The number of carbonyl (C=O) groups excluding carboxylic acids is 2. The fraction of sp³-hybridized carbons (Fsp3) is 0.171. The number of ether oxygens (including phenoxy) is 3. The molecule has 236 valence electrons. The number of nitrogens with zero attached hydrogens (tertiary/aromatic N) is 2. The molecule has 0 spiro atoms. The summed E-state index contributed by atoms with van der Waals surface area (Å²) in [5.74, 6) is 1.17. The monoisotopic (exact) mass is 684 g/mol. The maximum Gasteiger partial charge on any atom is 0.307 e. The number of halogens is 1. The Bertz CT molecular complexity index is 1840. The summed E-state index contributed by atoms with van der Waals surface area (Å²) in [5, 5.41) is 6.82. The van der Waals surface area contributed by atoms with E-state index in [0.717, 1.165) is 22.6 Å². The van der Waals surface area contributed by atoms with Crippen molar-refractivity contribution in [2.45, 2.75) is 27.4 Å². The summed E-state index contributed by atoms with van der Waals surface area (Å²) in [6, 6.07) is 26.1. The van der Waals surface area contributed by atoms with Gasteiger partial charge in [0, 0.05) is 22.8 Å². The van der Waals surface area contributed by atoms with Crippen molar-refractivity contribution in [3.8, 4) is 22.9 Å². The molecule has 11 heteroatoms. The smallest absolute Gasteiger partial charge is 0.307 e. The highest BCUT2D eigenvalue weighted by atomic mass is 79.9. The van der Waals surface area contributed by atoms with Gasteiger partial charge < -0.3 is 28.5 Å². The molecule has 0 atom stereocenters. The van der Waals surface area contributed by atoms with Crippen LogP contribution in [-0.4, -0.2) is 36.3 Å². The van der Waals surface area contributed by atoms with Crippen LogP contribution in [0.15, 0.2) is 98.9 Å². The molecule has 3 aromatic carbocycles. The highest BCUT2D eigenvalue weighted by molar-refractivity contribution is 9.10. The summed E-state index contributed by atoms with van der Waals surface area (Å²) in [6.07, 6.45) is 1.45. The van der Waals surface area contributed by atoms with E-state index in [2.05, 4.69) is 62.3 Å². The maximum atomic E-state index is 12.6. The SMILES string of the molecule is COc1cc(/C=N/NC(=O)c2ccc(COc3ccc(-n4c(C)ccc4C)cc3)o2)cc(Br)c1OCC(=O)Nc1ccc(C)cc1. The lowest BCUT2D eigenvalue weighted by Crippen LogP contribution is -2.20. The normalized spacial score (nSPS) is 11.0. The summed E-state index contributed by atoms with van der Waals surface area (Å²) < 4.78 is 25.4. The fourth-order valence-corrected chi connectivity index (χ4v) is 5.22. The fourth-order valence-electron chi connectivity index (χ4n) is 4.65. The molecule has 0 saturated carbocycles. The van der Waals surface area contributed by atoms with Crippen molar-refractivity contribution < 1.29 is 28.2 Å². The molecular weight excluding hydrogens is 652 g/mol. The van der Waals surface area contributed by atoms with Gasteiger partial charge in [0.1, 0.15) is 18.1 Å². The van der Waals surface area contributed by atoms with Gasteiger partial charge in [-0.1, -0.05) is 17.7 Å². The van der Waals surface area contributed by atoms with Gasteiger partial charge in [-0.05, 0) is 115 Å². The number of methoxy groups -OCH3 is 1. The second-order valence-electron chi connectivity index (χ2n) is 10.4. The van der Waals surface area contributed by atoms with Gasteiger partial charge in [-0.15, -0.1) is 0 Å². The number of nitrogens with one attached hydrogen (secondary N) is 2. The molecule has 0 aliphatic heterocycles. The summed E-state index contributed by atoms with van der Waals surface area (Å²) in [4.78, 5) is 25.0. The van der Waals surface area contributed by atoms with Crippen LogP contribution >= 0.6 is 15.9 Å². The summed E-state index contributed by atoms with van der Waals surface area (Å²) in [7, 11) is 1.49. The van der Waals surface area contributed by atoms with Crippen LogP contribution in [-0.2, 0) is 11.4 Å². The van der Waals surface area contributed by atoms with E-state index in [1.54, 1.807) is 24.3 Å². The van der Waals surface area contributed by atoms with E-state index in [1.807, 2.05) is 55.5 Å². The number of rotatable bonds is 12. The number of anilines is 1. The first kappa shape index (κ1) is 32.1. The van der Waals surface area contributed by atoms with E-state index >= 15 is 0 Å². The van der Waals surface area contributed by atoms with Crippen LogP contribution in [0, 0.1) is 20.8 Å². The van der Waals surface area contributed by atoms with Crippen molar-refractivity contribution in [2.75, 3.05) is 19.0 Å². The molecule has 0 unspecified atom stereocenters. The molecule has 0 fully saturated rings. The van der Waals surface area contributed by atoms with Gasteiger partial charge in [-0.3, -0.25) is 9.59 Å². The van der Waals surface area contributed by atoms with Crippen LogP contribution in [0.4, 0.5) is 5.69 Å². The highest BCUT2D eigenvalue weighted by Crippen LogP contribution is 2.36. The minimum absolute atomic E-state index is 0.0936. The zero-order valence-electron chi connectivity index (χ0n) is 25.8. The lowest BCUT2D eigenvalue weighted by Gasteiger charge is -2.13. The van der Waals surface area contributed by atoms with Crippen LogP contribution in [0.5, 0.6) is 17.2 Å². The number of hydrazone groups is 1. The molecule has 46 heavy (non-hydrogen) atoms. The number of furan rings is 1.